The molecule has 3 rings (SSSR count). The van der Waals surface area contributed by atoms with E-state index in [-0.39, 0.29) is 18.4 Å². The van der Waals surface area contributed by atoms with E-state index in [1.807, 2.05) is 43.3 Å². The lowest BCUT2D eigenvalue weighted by Gasteiger charge is -2.22. The molecule has 0 aliphatic rings. The number of hydrogen-bond donors (Lipinski definition) is 1. The number of aromatic nitrogens is 1. The first-order chi connectivity index (χ1) is 13.7. The molecular weight excluding hydrogens is 374 g/mol. The Morgan fingerprint density at radius 2 is 2.00 bits per heavy atom. The van der Waals surface area contributed by atoms with E-state index in [1.54, 1.807) is 22.5 Å². The lowest BCUT2D eigenvalue weighted by molar-refractivity contribution is -0.116. The molecular formula is C21H23N3O3S. The minimum atomic E-state index is -0.263. The number of hydrogen-bond acceptors (Lipinski definition) is 5. The molecule has 28 heavy (non-hydrogen) atoms. The van der Waals surface area contributed by atoms with E-state index in [9.17, 15) is 9.59 Å². The molecule has 2 aromatic carbocycles. The summed E-state index contributed by atoms with van der Waals surface area (Å²) in [4.78, 5) is 31.1. The first-order valence-corrected chi connectivity index (χ1v) is 10.1. The zero-order valence-corrected chi connectivity index (χ0v) is 16.6. The Morgan fingerprint density at radius 3 is 2.75 bits per heavy atom. The fourth-order valence-corrected chi connectivity index (χ4v) is 3.42. The minimum absolute atomic E-state index is 0.0304. The van der Waals surface area contributed by atoms with E-state index in [0.29, 0.717) is 36.9 Å². The van der Waals surface area contributed by atoms with Crippen molar-refractivity contribution in [2.45, 2.75) is 13.3 Å². The summed E-state index contributed by atoms with van der Waals surface area (Å²) < 4.78 is 5.37. The van der Waals surface area contributed by atoms with Crippen molar-refractivity contribution in [3.05, 3.63) is 59.6 Å². The van der Waals surface area contributed by atoms with E-state index < -0.39 is 0 Å². The van der Waals surface area contributed by atoms with Crippen molar-refractivity contribution in [1.82, 2.24) is 9.88 Å². The molecule has 146 valence electrons. The Balaban J connectivity index is 1.73. The van der Waals surface area contributed by atoms with Crippen molar-refractivity contribution in [2.24, 2.45) is 0 Å². The van der Waals surface area contributed by atoms with Crippen LogP contribution in [-0.4, -0.2) is 48.0 Å². The predicted octanol–water partition coefficient (Wildman–Crippen LogP) is 3.80. The molecule has 6 nitrogen and oxygen atoms in total. The average molecular weight is 398 g/mol. The number of fused-ring (bicyclic) bond motifs is 1. The van der Waals surface area contributed by atoms with Crippen molar-refractivity contribution in [1.29, 1.82) is 0 Å². The third-order valence-corrected chi connectivity index (χ3v) is 4.91. The van der Waals surface area contributed by atoms with Crippen LogP contribution in [0.15, 0.2) is 54.0 Å². The number of nitrogens with zero attached hydrogens (tertiary/aromatic N) is 2. The zero-order chi connectivity index (χ0) is 19.8. The van der Waals surface area contributed by atoms with Crippen molar-refractivity contribution in [3.63, 3.8) is 0 Å². The van der Waals surface area contributed by atoms with Gasteiger partial charge in [-0.2, -0.15) is 0 Å². The molecule has 0 radical (unpaired) electrons. The highest BCUT2D eigenvalue weighted by molar-refractivity contribution is 7.13. The predicted molar refractivity (Wildman–Crippen MR) is 112 cm³/mol. The maximum Gasteiger partial charge on any atom is 0.254 e. The van der Waals surface area contributed by atoms with Crippen LogP contribution in [0, 0.1) is 0 Å². The lowest BCUT2D eigenvalue weighted by atomic mass is 10.1. The largest absolute Gasteiger partial charge is 0.382 e. The number of carbonyl (C=O) groups is 2. The van der Waals surface area contributed by atoms with Crippen molar-refractivity contribution in [3.8, 4) is 0 Å². The van der Waals surface area contributed by atoms with E-state index in [1.165, 1.54) is 11.3 Å². The molecule has 0 saturated heterocycles. The summed E-state index contributed by atoms with van der Waals surface area (Å²) in [6.07, 6.45) is 2.29. The summed E-state index contributed by atoms with van der Waals surface area (Å²) in [5.41, 5.74) is 0.567. The monoisotopic (exact) mass is 397 g/mol. The second-order valence-corrected chi connectivity index (χ2v) is 7.12. The van der Waals surface area contributed by atoms with Gasteiger partial charge in [-0.1, -0.05) is 30.3 Å². The van der Waals surface area contributed by atoms with Gasteiger partial charge in [-0.05, 0) is 36.2 Å². The van der Waals surface area contributed by atoms with Crippen LogP contribution in [0.4, 0.5) is 5.13 Å². The van der Waals surface area contributed by atoms with Crippen LogP contribution < -0.4 is 5.32 Å². The number of ether oxygens (including phenoxy) is 1. The first kappa shape index (κ1) is 20.0. The Labute approximate surface area is 168 Å². The van der Waals surface area contributed by atoms with Crippen LogP contribution >= 0.6 is 11.3 Å². The topological polar surface area (TPSA) is 71.5 Å². The molecule has 3 aromatic rings. The van der Waals surface area contributed by atoms with Crippen LogP contribution in [0.25, 0.3) is 10.8 Å². The van der Waals surface area contributed by atoms with Gasteiger partial charge in [-0.15, -0.1) is 11.3 Å². The molecule has 1 N–H and O–H groups in total. The second kappa shape index (κ2) is 9.96. The fraction of sp³-hybridized carbons (Fsp3) is 0.286. The van der Waals surface area contributed by atoms with Crippen molar-refractivity contribution in [2.75, 3.05) is 31.6 Å². The molecule has 2 amide bonds. The third-order valence-electron chi connectivity index (χ3n) is 4.22. The van der Waals surface area contributed by atoms with E-state index in [4.69, 9.17) is 4.74 Å². The number of benzene rings is 2. The number of carbonyl (C=O) groups excluding carboxylic acids is 2. The van der Waals surface area contributed by atoms with Crippen LogP contribution in [0.3, 0.4) is 0 Å². The van der Waals surface area contributed by atoms with Gasteiger partial charge < -0.3 is 15.0 Å². The maximum absolute atomic E-state index is 13.1. The van der Waals surface area contributed by atoms with Crippen LogP contribution in [-0.2, 0) is 9.53 Å². The van der Waals surface area contributed by atoms with Gasteiger partial charge in [0.2, 0.25) is 5.91 Å². The zero-order valence-electron chi connectivity index (χ0n) is 15.8. The summed E-state index contributed by atoms with van der Waals surface area (Å²) in [5, 5.41) is 7.11. The van der Waals surface area contributed by atoms with E-state index in [0.717, 1.165) is 10.8 Å². The number of rotatable bonds is 9. The van der Waals surface area contributed by atoms with Gasteiger partial charge in [0, 0.05) is 36.9 Å². The number of thiazole rings is 1. The Bertz CT molecular complexity index is 928. The molecule has 7 heteroatoms. The highest BCUT2D eigenvalue weighted by atomic mass is 32.1. The molecule has 0 spiro atoms. The fourth-order valence-electron chi connectivity index (χ4n) is 2.88. The summed E-state index contributed by atoms with van der Waals surface area (Å²) in [6.45, 7) is 3.52. The molecule has 0 bridgehead atoms. The number of nitrogens with one attached hydrogen (secondary N) is 1. The molecule has 0 aliphatic carbocycles. The van der Waals surface area contributed by atoms with Crippen molar-refractivity contribution < 1.29 is 14.3 Å². The highest BCUT2D eigenvalue weighted by Gasteiger charge is 2.19. The summed E-state index contributed by atoms with van der Waals surface area (Å²) in [5.74, 6) is -0.433. The molecule has 0 fully saturated rings. The quantitative estimate of drug-likeness (QED) is 0.558. The number of anilines is 1. The van der Waals surface area contributed by atoms with E-state index >= 15 is 0 Å². The van der Waals surface area contributed by atoms with E-state index in [2.05, 4.69) is 10.3 Å². The second-order valence-electron chi connectivity index (χ2n) is 6.22. The lowest BCUT2D eigenvalue weighted by Crippen LogP contribution is -2.39. The van der Waals surface area contributed by atoms with Gasteiger partial charge in [0.1, 0.15) is 6.54 Å². The SMILES string of the molecule is CCOCCCN(CC(=O)Nc1nccs1)C(=O)c1ccc2ccccc2c1. The summed E-state index contributed by atoms with van der Waals surface area (Å²) in [7, 11) is 0. The molecule has 1 aromatic heterocycles. The van der Waals surface area contributed by atoms with Gasteiger partial charge in [0.25, 0.3) is 5.91 Å². The van der Waals surface area contributed by atoms with Gasteiger partial charge in [-0.25, -0.2) is 4.98 Å². The van der Waals surface area contributed by atoms with Crippen molar-refractivity contribution >= 4 is 39.1 Å². The van der Waals surface area contributed by atoms with Crippen LogP contribution in [0.1, 0.15) is 23.7 Å². The molecule has 0 saturated carbocycles. The van der Waals surface area contributed by atoms with Gasteiger partial charge in [-0.3, -0.25) is 9.59 Å². The maximum atomic E-state index is 13.1. The smallest absolute Gasteiger partial charge is 0.254 e. The Kier molecular flexibility index (Phi) is 7.11. The first-order valence-electron chi connectivity index (χ1n) is 9.22. The molecule has 0 aliphatic heterocycles. The average Bonchev–Trinajstić information content (AvgIpc) is 3.22. The Hall–Kier alpha value is -2.77. The van der Waals surface area contributed by atoms with Crippen LogP contribution in [0.5, 0.6) is 0 Å². The summed E-state index contributed by atoms with van der Waals surface area (Å²) in [6, 6.07) is 13.5. The minimum Gasteiger partial charge on any atom is -0.382 e. The molecule has 1 heterocycles. The molecule has 0 unspecified atom stereocenters. The van der Waals surface area contributed by atoms with Gasteiger partial charge in [0.05, 0.1) is 0 Å². The Morgan fingerprint density at radius 1 is 1.18 bits per heavy atom. The summed E-state index contributed by atoms with van der Waals surface area (Å²) >= 11 is 1.34. The van der Waals surface area contributed by atoms with Gasteiger partial charge in [0.15, 0.2) is 5.13 Å². The normalized spacial score (nSPS) is 10.8. The number of amides is 2. The highest BCUT2D eigenvalue weighted by Crippen LogP contribution is 2.17. The third kappa shape index (κ3) is 5.37. The van der Waals surface area contributed by atoms with Crippen LogP contribution in [0.2, 0.25) is 0 Å². The van der Waals surface area contributed by atoms with Gasteiger partial charge >= 0.3 is 0 Å². The standard InChI is InChI=1S/C21H23N3O3S/c1-2-27-12-5-11-24(15-19(25)23-21-22-10-13-28-21)20(26)18-9-8-16-6-3-4-7-17(16)14-18/h3-4,6-10,13-14H,2,5,11-12,15H2,1H3,(H,22,23,25). The molecule has 0 atom stereocenters.